The van der Waals surface area contributed by atoms with Gasteiger partial charge in [0.25, 0.3) is 0 Å². The summed E-state index contributed by atoms with van der Waals surface area (Å²) in [5, 5.41) is 10.0. The number of ether oxygens (including phenoxy) is 2. The van der Waals surface area contributed by atoms with Crippen molar-refractivity contribution in [3.8, 4) is 11.5 Å². The monoisotopic (exact) mass is 385 g/mol. The van der Waals surface area contributed by atoms with E-state index < -0.39 is 12.6 Å². The Labute approximate surface area is 159 Å². The van der Waals surface area contributed by atoms with Gasteiger partial charge in [-0.1, -0.05) is 30.3 Å². The van der Waals surface area contributed by atoms with E-state index in [0.29, 0.717) is 28.8 Å². The van der Waals surface area contributed by atoms with Crippen LogP contribution in [-0.2, 0) is 0 Å². The molecule has 2 aromatic carbocycles. The number of benzene rings is 2. The third kappa shape index (κ3) is 4.43. The fourth-order valence-electron chi connectivity index (χ4n) is 2.73. The molecule has 0 aliphatic carbocycles. The first-order chi connectivity index (χ1) is 13.5. The Balaban J connectivity index is 1.95. The fraction of sp³-hybridized carbons (Fsp3) is 0.143. The largest absolute Gasteiger partial charge is 0.490 e. The summed E-state index contributed by atoms with van der Waals surface area (Å²) >= 11 is 0. The minimum atomic E-state index is -2.95. The molecule has 1 heterocycles. The summed E-state index contributed by atoms with van der Waals surface area (Å²) in [5.74, 6) is -0.894. The number of fused-ring (bicyclic) bond motifs is 1. The molecule has 5 nitrogen and oxygen atoms in total. The molecule has 0 atom stereocenters. The Bertz CT molecular complexity index is 1030. The number of para-hydroxylation sites is 1. The summed E-state index contributed by atoms with van der Waals surface area (Å²) in [7, 11) is 0. The number of pyridine rings is 1. The van der Waals surface area contributed by atoms with Crippen LogP contribution in [0.1, 0.15) is 28.5 Å². The van der Waals surface area contributed by atoms with E-state index in [1.165, 1.54) is 12.1 Å². The van der Waals surface area contributed by atoms with Gasteiger partial charge < -0.3 is 14.6 Å². The molecule has 0 unspecified atom stereocenters. The number of rotatable bonds is 7. The molecule has 0 saturated heterocycles. The van der Waals surface area contributed by atoms with Gasteiger partial charge in [0.05, 0.1) is 23.4 Å². The van der Waals surface area contributed by atoms with Gasteiger partial charge in [-0.05, 0) is 42.8 Å². The minimum absolute atomic E-state index is 0.0500. The van der Waals surface area contributed by atoms with Gasteiger partial charge in [0.2, 0.25) is 0 Å². The van der Waals surface area contributed by atoms with Crippen molar-refractivity contribution in [3.63, 3.8) is 0 Å². The topological polar surface area (TPSA) is 68.7 Å². The third-order valence-corrected chi connectivity index (χ3v) is 3.90. The molecule has 0 spiro atoms. The van der Waals surface area contributed by atoms with Crippen molar-refractivity contribution in [2.75, 3.05) is 6.61 Å². The van der Waals surface area contributed by atoms with Crippen LogP contribution in [0.2, 0.25) is 0 Å². The van der Waals surface area contributed by atoms with Crippen molar-refractivity contribution in [2.45, 2.75) is 13.5 Å². The number of carboxylic acid groups (broad SMARTS) is 1. The van der Waals surface area contributed by atoms with E-state index >= 15 is 0 Å². The third-order valence-electron chi connectivity index (χ3n) is 3.90. The Morgan fingerprint density at radius 3 is 2.64 bits per heavy atom. The highest BCUT2D eigenvalue weighted by Gasteiger charge is 2.12. The summed E-state index contributed by atoms with van der Waals surface area (Å²) in [5.41, 5.74) is 1.84. The summed E-state index contributed by atoms with van der Waals surface area (Å²) in [4.78, 5) is 16.0. The molecule has 1 aromatic heterocycles. The lowest BCUT2D eigenvalue weighted by molar-refractivity contribution is -0.0514. The number of hydrogen-bond donors (Lipinski definition) is 1. The van der Waals surface area contributed by atoms with Crippen LogP contribution in [0.25, 0.3) is 23.1 Å². The number of aromatic carboxylic acids is 1. The Morgan fingerprint density at radius 1 is 1.14 bits per heavy atom. The summed E-state index contributed by atoms with van der Waals surface area (Å²) in [6.07, 6.45) is 3.34. The van der Waals surface area contributed by atoms with Gasteiger partial charge in [0.15, 0.2) is 11.5 Å². The zero-order chi connectivity index (χ0) is 20.1. The predicted molar refractivity (Wildman–Crippen MR) is 102 cm³/mol. The normalized spacial score (nSPS) is 11.3. The number of nitrogens with zero attached hydrogens (tertiary/aromatic N) is 1. The molecule has 0 bridgehead atoms. The molecular formula is C21H17F2NO4. The van der Waals surface area contributed by atoms with E-state index in [1.807, 2.05) is 0 Å². The minimum Gasteiger partial charge on any atom is -0.490 e. The molecule has 7 heteroatoms. The van der Waals surface area contributed by atoms with Crippen molar-refractivity contribution in [2.24, 2.45) is 0 Å². The molecule has 144 valence electrons. The van der Waals surface area contributed by atoms with E-state index in [9.17, 15) is 18.7 Å². The van der Waals surface area contributed by atoms with Gasteiger partial charge in [0.1, 0.15) is 0 Å². The summed E-state index contributed by atoms with van der Waals surface area (Å²) in [6.45, 7) is -0.918. The highest BCUT2D eigenvalue weighted by atomic mass is 19.3. The van der Waals surface area contributed by atoms with E-state index in [2.05, 4.69) is 9.72 Å². The smallest absolute Gasteiger partial charge is 0.387 e. The first kappa shape index (κ1) is 19.3. The zero-order valence-electron chi connectivity index (χ0n) is 14.9. The lowest BCUT2D eigenvalue weighted by Gasteiger charge is -2.11. The summed E-state index contributed by atoms with van der Waals surface area (Å²) < 4.78 is 34.8. The molecule has 0 aliphatic rings. The van der Waals surface area contributed by atoms with Crippen molar-refractivity contribution in [3.05, 3.63) is 65.4 Å². The van der Waals surface area contributed by atoms with E-state index in [0.717, 1.165) is 0 Å². The predicted octanol–water partition coefficient (Wildman–Crippen LogP) is 5.10. The fourth-order valence-corrected chi connectivity index (χ4v) is 2.73. The van der Waals surface area contributed by atoms with Crippen LogP contribution < -0.4 is 9.47 Å². The lowest BCUT2D eigenvalue weighted by Crippen LogP contribution is -2.04. The highest BCUT2D eigenvalue weighted by molar-refractivity contribution is 6.03. The van der Waals surface area contributed by atoms with Crippen LogP contribution >= 0.6 is 0 Å². The standard InChI is InChI=1S/C21H17F2NO4/c1-2-27-19-11-13(8-10-18(19)28-21(22)23)7-9-14-12-16(20(25)26)15-5-3-4-6-17(15)24-14/h3-12,21H,2H2,1H3,(H,25,26)/b9-7+. The van der Waals surface area contributed by atoms with Crippen LogP contribution in [0.3, 0.4) is 0 Å². The molecule has 1 N–H and O–H groups in total. The number of halogens is 2. The van der Waals surface area contributed by atoms with Crippen molar-refractivity contribution >= 4 is 29.0 Å². The maximum absolute atomic E-state index is 12.5. The maximum atomic E-state index is 12.5. The van der Waals surface area contributed by atoms with Gasteiger partial charge in [-0.2, -0.15) is 8.78 Å². The average molecular weight is 385 g/mol. The Kier molecular flexibility index (Phi) is 5.84. The van der Waals surface area contributed by atoms with Crippen molar-refractivity contribution in [1.82, 2.24) is 4.98 Å². The molecule has 0 aliphatic heterocycles. The number of hydrogen-bond acceptors (Lipinski definition) is 4. The molecule has 3 rings (SSSR count). The van der Waals surface area contributed by atoms with Gasteiger partial charge in [-0.15, -0.1) is 0 Å². The highest BCUT2D eigenvalue weighted by Crippen LogP contribution is 2.30. The molecular weight excluding hydrogens is 368 g/mol. The quantitative estimate of drug-likeness (QED) is 0.613. The second-order valence-electron chi connectivity index (χ2n) is 5.77. The Hall–Kier alpha value is -3.48. The summed E-state index contributed by atoms with van der Waals surface area (Å²) in [6, 6.07) is 13.0. The van der Waals surface area contributed by atoms with E-state index in [-0.39, 0.29) is 17.1 Å². The van der Waals surface area contributed by atoms with Gasteiger partial charge in [-0.3, -0.25) is 0 Å². The van der Waals surface area contributed by atoms with Gasteiger partial charge >= 0.3 is 12.6 Å². The van der Waals surface area contributed by atoms with Crippen LogP contribution in [0.4, 0.5) is 8.78 Å². The lowest BCUT2D eigenvalue weighted by atomic mass is 10.1. The number of aromatic nitrogens is 1. The van der Waals surface area contributed by atoms with Gasteiger partial charge in [0, 0.05) is 5.39 Å². The number of carboxylic acids is 1. The molecule has 0 amide bonds. The zero-order valence-corrected chi connectivity index (χ0v) is 14.9. The van der Waals surface area contributed by atoms with Gasteiger partial charge in [-0.25, -0.2) is 9.78 Å². The van der Waals surface area contributed by atoms with Crippen molar-refractivity contribution in [1.29, 1.82) is 0 Å². The average Bonchev–Trinajstić information content (AvgIpc) is 2.67. The second kappa shape index (κ2) is 8.47. The maximum Gasteiger partial charge on any atom is 0.387 e. The molecule has 0 fully saturated rings. The SMILES string of the molecule is CCOc1cc(/C=C/c2cc(C(=O)O)c3ccccc3n2)ccc1OC(F)F. The first-order valence-electron chi connectivity index (χ1n) is 8.50. The second-order valence-corrected chi connectivity index (χ2v) is 5.77. The van der Waals surface area contributed by atoms with Crippen LogP contribution in [0, 0.1) is 0 Å². The van der Waals surface area contributed by atoms with Crippen LogP contribution in [-0.4, -0.2) is 29.3 Å². The van der Waals surface area contributed by atoms with Crippen molar-refractivity contribution < 1.29 is 28.2 Å². The first-order valence-corrected chi connectivity index (χ1v) is 8.50. The molecule has 28 heavy (non-hydrogen) atoms. The molecule has 0 radical (unpaired) electrons. The van der Waals surface area contributed by atoms with Crippen LogP contribution in [0.5, 0.6) is 11.5 Å². The van der Waals surface area contributed by atoms with E-state index in [4.69, 9.17) is 4.74 Å². The molecule has 0 saturated carbocycles. The number of alkyl halides is 2. The van der Waals surface area contributed by atoms with Crippen LogP contribution in [0.15, 0.2) is 48.5 Å². The van der Waals surface area contributed by atoms with E-state index in [1.54, 1.807) is 55.5 Å². The Morgan fingerprint density at radius 2 is 1.93 bits per heavy atom. The molecule has 3 aromatic rings. The number of carbonyl (C=O) groups is 1.